The second-order valence-electron chi connectivity index (χ2n) is 3.50. The van der Waals surface area contributed by atoms with Crippen LogP contribution in [0.5, 0.6) is 0 Å². The van der Waals surface area contributed by atoms with Crippen molar-refractivity contribution in [1.29, 1.82) is 0 Å². The molecule has 0 aromatic carbocycles. The number of nitrogens with zero attached hydrogens (tertiary/aromatic N) is 1. The average Bonchev–Trinajstić information content (AvgIpc) is 2.13. The van der Waals surface area contributed by atoms with Crippen molar-refractivity contribution in [3.8, 4) is 0 Å². The summed E-state index contributed by atoms with van der Waals surface area (Å²) in [5.74, 6) is 0. The van der Waals surface area contributed by atoms with E-state index in [0.717, 1.165) is 25.8 Å². The van der Waals surface area contributed by atoms with Gasteiger partial charge in [0, 0.05) is 5.54 Å². The first-order valence-corrected chi connectivity index (χ1v) is 4.99. The summed E-state index contributed by atoms with van der Waals surface area (Å²) in [5, 5.41) is 9.37. The van der Waals surface area contributed by atoms with Gasteiger partial charge in [-0.2, -0.15) is 0 Å². The summed E-state index contributed by atoms with van der Waals surface area (Å²) >= 11 is 0. The van der Waals surface area contributed by atoms with Gasteiger partial charge in [0.1, 0.15) is 0 Å². The highest BCUT2D eigenvalue weighted by Crippen LogP contribution is 2.23. The van der Waals surface area contributed by atoms with Gasteiger partial charge < -0.3 is 5.11 Å². The van der Waals surface area contributed by atoms with E-state index in [2.05, 4.69) is 32.7 Å². The highest BCUT2D eigenvalue weighted by Gasteiger charge is 2.29. The minimum Gasteiger partial charge on any atom is -0.394 e. The molecule has 0 aliphatic rings. The Kier molecular flexibility index (Phi) is 5.51. The standard InChI is InChI=1S/C10H23NO/c1-5-8-10(6-2,9-12)11(4)7-3/h12H,5-9H2,1-4H3. The molecule has 0 aliphatic heterocycles. The van der Waals surface area contributed by atoms with Crippen LogP contribution in [0.25, 0.3) is 0 Å². The van der Waals surface area contributed by atoms with E-state index in [1.807, 2.05) is 0 Å². The molecular weight excluding hydrogens is 150 g/mol. The first kappa shape index (κ1) is 11.9. The highest BCUT2D eigenvalue weighted by molar-refractivity contribution is 4.86. The summed E-state index contributed by atoms with van der Waals surface area (Å²) in [6.45, 7) is 7.74. The summed E-state index contributed by atoms with van der Waals surface area (Å²) in [6.07, 6.45) is 3.25. The smallest absolute Gasteiger partial charge is 0.0615 e. The maximum absolute atomic E-state index is 9.37. The molecule has 2 heteroatoms. The van der Waals surface area contributed by atoms with Crippen LogP contribution in [0.1, 0.15) is 40.0 Å². The van der Waals surface area contributed by atoms with E-state index < -0.39 is 0 Å². The third-order valence-electron chi connectivity index (χ3n) is 2.95. The van der Waals surface area contributed by atoms with Crippen LogP contribution < -0.4 is 0 Å². The molecule has 0 saturated carbocycles. The van der Waals surface area contributed by atoms with Gasteiger partial charge in [0.2, 0.25) is 0 Å². The van der Waals surface area contributed by atoms with Crippen LogP contribution >= 0.6 is 0 Å². The molecule has 0 fully saturated rings. The van der Waals surface area contributed by atoms with Crippen LogP contribution in [0.4, 0.5) is 0 Å². The van der Waals surface area contributed by atoms with Crippen molar-refractivity contribution in [1.82, 2.24) is 4.90 Å². The van der Waals surface area contributed by atoms with Crippen LogP contribution in [-0.2, 0) is 0 Å². The van der Waals surface area contributed by atoms with Gasteiger partial charge in [-0.3, -0.25) is 4.90 Å². The molecule has 2 nitrogen and oxygen atoms in total. The van der Waals surface area contributed by atoms with Crippen molar-refractivity contribution >= 4 is 0 Å². The number of likely N-dealkylation sites (N-methyl/N-ethyl adjacent to an activating group) is 1. The number of hydrogen-bond acceptors (Lipinski definition) is 2. The van der Waals surface area contributed by atoms with Gasteiger partial charge >= 0.3 is 0 Å². The fraction of sp³-hybridized carbons (Fsp3) is 1.00. The SMILES string of the molecule is CCCC(CC)(CO)N(C)CC. The van der Waals surface area contributed by atoms with Crippen molar-refractivity contribution in [3.05, 3.63) is 0 Å². The Bertz CT molecular complexity index is 110. The van der Waals surface area contributed by atoms with E-state index in [0.29, 0.717) is 0 Å². The number of hydrogen-bond donors (Lipinski definition) is 1. The molecule has 0 bridgehead atoms. The van der Waals surface area contributed by atoms with Crippen molar-refractivity contribution < 1.29 is 5.11 Å². The molecule has 1 unspecified atom stereocenters. The van der Waals surface area contributed by atoms with Gasteiger partial charge in [-0.1, -0.05) is 27.2 Å². The number of aliphatic hydroxyl groups is 1. The molecule has 0 radical (unpaired) electrons. The van der Waals surface area contributed by atoms with Crippen LogP contribution in [0.15, 0.2) is 0 Å². The van der Waals surface area contributed by atoms with Crippen LogP contribution in [0.3, 0.4) is 0 Å². The molecule has 0 amide bonds. The Hall–Kier alpha value is -0.0800. The molecule has 0 heterocycles. The molecule has 0 rings (SSSR count). The molecule has 0 saturated heterocycles. The van der Waals surface area contributed by atoms with Crippen molar-refractivity contribution in [2.45, 2.75) is 45.6 Å². The first-order chi connectivity index (χ1) is 5.66. The second-order valence-corrected chi connectivity index (χ2v) is 3.50. The first-order valence-electron chi connectivity index (χ1n) is 4.99. The van der Waals surface area contributed by atoms with Crippen molar-refractivity contribution in [2.75, 3.05) is 20.2 Å². The van der Waals surface area contributed by atoms with Gasteiger partial charge in [-0.25, -0.2) is 0 Å². The maximum Gasteiger partial charge on any atom is 0.0615 e. The quantitative estimate of drug-likeness (QED) is 0.663. The van der Waals surface area contributed by atoms with Gasteiger partial charge in [0.05, 0.1) is 6.61 Å². The zero-order chi connectivity index (χ0) is 9.61. The van der Waals surface area contributed by atoms with Crippen LogP contribution in [0.2, 0.25) is 0 Å². The van der Waals surface area contributed by atoms with E-state index in [4.69, 9.17) is 0 Å². The fourth-order valence-electron chi connectivity index (χ4n) is 1.75. The van der Waals surface area contributed by atoms with E-state index in [-0.39, 0.29) is 12.1 Å². The monoisotopic (exact) mass is 173 g/mol. The molecule has 0 aliphatic carbocycles. The minimum atomic E-state index is 0.0313. The van der Waals surface area contributed by atoms with Crippen molar-refractivity contribution in [2.24, 2.45) is 0 Å². The third-order valence-corrected chi connectivity index (χ3v) is 2.95. The summed E-state index contributed by atoms with van der Waals surface area (Å²) in [4.78, 5) is 2.26. The van der Waals surface area contributed by atoms with E-state index in [9.17, 15) is 5.11 Å². The van der Waals surface area contributed by atoms with E-state index in [1.54, 1.807) is 0 Å². The Morgan fingerprint density at radius 3 is 2.08 bits per heavy atom. The topological polar surface area (TPSA) is 23.5 Å². The van der Waals surface area contributed by atoms with E-state index in [1.165, 1.54) is 0 Å². The molecule has 1 atom stereocenters. The lowest BCUT2D eigenvalue weighted by atomic mass is 9.90. The van der Waals surface area contributed by atoms with Crippen LogP contribution in [-0.4, -0.2) is 35.7 Å². The Morgan fingerprint density at radius 2 is 1.83 bits per heavy atom. The normalized spacial score (nSPS) is 16.5. The summed E-state index contributed by atoms with van der Waals surface area (Å²) in [5.41, 5.74) is 0.0313. The zero-order valence-corrected chi connectivity index (χ0v) is 8.93. The van der Waals surface area contributed by atoms with Gasteiger partial charge in [-0.05, 0) is 26.4 Å². The molecule has 1 N–H and O–H groups in total. The Balaban J connectivity index is 4.33. The maximum atomic E-state index is 9.37. The molecule has 0 aromatic heterocycles. The van der Waals surface area contributed by atoms with Gasteiger partial charge in [-0.15, -0.1) is 0 Å². The molecule has 74 valence electrons. The molecule has 12 heavy (non-hydrogen) atoms. The second kappa shape index (κ2) is 5.55. The largest absolute Gasteiger partial charge is 0.394 e. The lowest BCUT2D eigenvalue weighted by Crippen LogP contribution is -2.48. The lowest BCUT2D eigenvalue weighted by molar-refractivity contribution is 0.0411. The highest BCUT2D eigenvalue weighted by atomic mass is 16.3. The molecule has 0 spiro atoms. The zero-order valence-electron chi connectivity index (χ0n) is 8.93. The Morgan fingerprint density at radius 1 is 1.25 bits per heavy atom. The minimum absolute atomic E-state index is 0.0313. The van der Waals surface area contributed by atoms with Gasteiger partial charge in [0.15, 0.2) is 0 Å². The molecule has 0 aromatic rings. The summed E-state index contributed by atoms with van der Waals surface area (Å²) in [7, 11) is 2.09. The van der Waals surface area contributed by atoms with Crippen LogP contribution in [0, 0.1) is 0 Å². The average molecular weight is 173 g/mol. The fourth-order valence-corrected chi connectivity index (χ4v) is 1.75. The predicted octanol–water partition coefficient (Wildman–Crippen LogP) is 1.88. The predicted molar refractivity (Wildman–Crippen MR) is 53.3 cm³/mol. The lowest BCUT2D eigenvalue weighted by Gasteiger charge is -2.39. The summed E-state index contributed by atoms with van der Waals surface area (Å²) < 4.78 is 0. The van der Waals surface area contributed by atoms with Gasteiger partial charge in [0.25, 0.3) is 0 Å². The van der Waals surface area contributed by atoms with Crippen molar-refractivity contribution in [3.63, 3.8) is 0 Å². The van der Waals surface area contributed by atoms with E-state index >= 15 is 0 Å². The number of rotatable bonds is 6. The molecular formula is C10H23NO. The Labute approximate surface area is 76.6 Å². The number of aliphatic hydroxyl groups excluding tert-OH is 1. The third kappa shape index (κ3) is 2.46. The summed E-state index contributed by atoms with van der Waals surface area (Å²) in [6, 6.07) is 0.